The van der Waals surface area contributed by atoms with Gasteiger partial charge in [-0.05, 0) is 23.1 Å². The number of rotatable bonds is 6. The molecular weight excluding hydrogens is 436 g/mol. The van der Waals surface area contributed by atoms with Gasteiger partial charge < -0.3 is 0 Å². The van der Waals surface area contributed by atoms with Gasteiger partial charge in [0.05, 0.1) is 6.20 Å². The number of aromatic nitrogens is 2. The molecule has 1 unspecified atom stereocenters. The summed E-state index contributed by atoms with van der Waals surface area (Å²) in [5.74, 6) is 0.940. The maximum Gasteiger partial charge on any atom is 0.140 e. The van der Waals surface area contributed by atoms with Crippen molar-refractivity contribution in [3.8, 4) is 0 Å². The summed E-state index contributed by atoms with van der Waals surface area (Å²) in [6.45, 7) is 0.791. The van der Waals surface area contributed by atoms with E-state index < -0.39 is 15.5 Å². The molecule has 0 amide bonds. The Morgan fingerprint density at radius 2 is 1.38 bits per heavy atom. The first kappa shape index (κ1) is 21.0. The molecule has 1 aliphatic rings. The summed E-state index contributed by atoms with van der Waals surface area (Å²) in [5, 5.41) is 5.25. The lowest BCUT2D eigenvalue weighted by Gasteiger charge is -2.37. The Hall–Kier alpha value is -2.87. The molecule has 2 heterocycles. The van der Waals surface area contributed by atoms with Gasteiger partial charge in [-0.3, -0.25) is 4.68 Å². The molecule has 1 aromatic heterocycles. The van der Waals surface area contributed by atoms with Crippen LogP contribution in [0.2, 0.25) is 0 Å². The van der Waals surface area contributed by atoms with Crippen LogP contribution in [0.3, 0.4) is 0 Å². The number of thioether (sulfide) groups is 1. The van der Waals surface area contributed by atoms with Crippen molar-refractivity contribution in [2.24, 2.45) is 0 Å². The SMILES string of the molecule is N=S(=O)(NC(c1ccccc1)(c1ccccc1)c1ccccc1)c1cnn2c1SCCC2. The summed E-state index contributed by atoms with van der Waals surface area (Å²) in [6.07, 6.45) is 2.62. The monoisotopic (exact) mass is 460 g/mol. The lowest BCUT2D eigenvalue weighted by atomic mass is 9.78. The number of hydrogen-bond acceptors (Lipinski definition) is 4. The van der Waals surface area contributed by atoms with Crippen LogP contribution >= 0.6 is 11.8 Å². The van der Waals surface area contributed by atoms with Crippen LogP contribution in [0.25, 0.3) is 0 Å². The van der Waals surface area contributed by atoms with Gasteiger partial charge in [-0.2, -0.15) is 5.10 Å². The van der Waals surface area contributed by atoms with Crippen LogP contribution in [0.1, 0.15) is 23.1 Å². The molecule has 0 aliphatic carbocycles. The van der Waals surface area contributed by atoms with E-state index in [1.165, 1.54) is 0 Å². The largest absolute Gasteiger partial charge is 0.258 e. The molecule has 0 fully saturated rings. The van der Waals surface area contributed by atoms with Crippen molar-refractivity contribution in [1.82, 2.24) is 14.5 Å². The first-order chi connectivity index (χ1) is 15.6. The van der Waals surface area contributed by atoms with Crippen molar-refractivity contribution in [3.05, 3.63) is 114 Å². The fraction of sp³-hybridized carbons (Fsp3) is 0.160. The zero-order chi connectivity index (χ0) is 22.0. The normalized spacial score (nSPS) is 15.6. The van der Waals surface area contributed by atoms with Gasteiger partial charge in [0.15, 0.2) is 0 Å². The number of nitrogens with zero attached hydrogens (tertiary/aromatic N) is 2. The highest BCUT2D eigenvalue weighted by Gasteiger charge is 2.40. The summed E-state index contributed by atoms with van der Waals surface area (Å²) in [6, 6.07) is 29.8. The van der Waals surface area contributed by atoms with E-state index in [1.807, 2.05) is 95.7 Å². The number of nitrogens with one attached hydrogen (secondary N) is 2. The third-order valence-electron chi connectivity index (χ3n) is 5.74. The summed E-state index contributed by atoms with van der Waals surface area (Å²) < 4.78 is 28.4. The molecule has 0 bridgehead atoms. The zero-order valence-electron chi connectivity index (χ0n) is 17.5. The fourth-order valence-electron chi connectivity index (χ4n) is 4.25. The van der Waals surface area contributed by atoms with Gasteiger partial charge in [0.2, 0.25) is 0 Å². The van der Waals surface area contributed by atoms with E-state index in [2.05, 4.69) is 9.82 Å². The van der Waals surface area contributed by atoms with Crippen LogP contribution in [0, 0.1) is 4.78 Å². The van der Waals surface area contributed by atoms with E-state index in [1.54, 1.807) is 18.0 Å². The van der Waals surface area contributed by atoms with Crippen molar-refractivity contribution in [1.29, 1.82) is 4.78 Å². The van der Waals surface area contributed by atoms with Crippen molar-refractivity contribution in [3.63, 3.8) is 0 Å². The van der Waals surface area contributed by atoms with Gasteiger partial charge in [-0.1, -0.05) is 91.0 Å². The second kappa shape index (κ2) is 8.58. The van der Waals surface area contributed by atoms with Gasteiger partial charge in [-0.25, -0.2) is 13.7 Å². The van der Waals surface area contributed by atoms with Gasteiger partial charge in [0.25, 0.3) is 0 Å². The van der Waals surface area contributed by atoms with Crippen molar-refractivity contribution >= 4 is 21.7 Å². The molecule has 0 saturated carbocycles. The summed E-state index contributed by atoms with van der Waals surface area (Å²) in [5.41, 5.74) is 1.79. The zero-order valence-corrected chi connectivity index (χ0v) is 19.1. The van der Waals surface area contributed by atoms with Crippen molar-refractivity contribution < 1.29 is 4.21 Å². The highest BCUT2D eigenvalue weighted by atomic mass is 32.2. The van der Waals surface area contributed by atoms with E-state index in [4.69, 9.17) is 4.78 Å². The molecule has 0 radical (unpaired) electrons. The van der Waals surface area contributed by atoms with E-state index in [9.17, 15) is 4.21 Å². The summed E-state index contributed by atoms with van der Waals surface area (Å²) >= 11 is 1.62. The third kappa shape index (κ3) is 3.66. The Morgan fingerprint density at radius 3 is 1.88 bits per heavy atom. The second-order valence-corrected chi connectivity index (χ2v) is 10.6. The molecule has 2 N–H and O–H groups in total. The Kier molecular flexibility index (Phi) is 5.63. The van der Waals surface area contributed by atoms with Crippen LogP contribution in [0.4, 0.5) is 0 Å². The lowest BCUT2D eigenvalue weighted by molar-refractivity contribution is 0.538. The fourth-order valence-corrected chi connectivity index (χ4v) is 7.17. The standard InChI is InChI=1S/C25H24N4OS2/c26-32(30,23-19-27-29-17-10-18-31-24(23)29)28-25(20-11-4-1-5-12-20,21-13-6-2-7-14-21)22-15-8-3-9-16-22/h1-9,11-16,19H,10,17-18H2,(H2,26,28,30). The number of benzene rings is 3. The quantitative estimate of drug-likeness (QED) is 0.385. The topological polar surface area (TPSA) is 70.8 Å². The molecule has 32 heavy (non-hydrogen) atoms. The minimum absolute atomic E-state index is 0.453. The highest BCUT2D eigenvalue weighted by Crippen LogP contribution is 2.39. The van der Waals surface area contributed by atoms with Gasteiger partial charge in [-0.15, -0.1) is 11.8 Å². The molecule has 4 aromatic rings. The first-order valence-corrected chi connectivity index (χ1v) is 13.1. The molecule has 1 atom stereocenters. The van der Waals surface area contributed by atoms with Crippen LogP contribution in [0.5, 0.6) is 0 Å². The van der Waals surface area contributed by atoms with Crippen LogP contribution in [0.15, 0.2) is 107 Å². The second-order valence-electron chi connectivity index (χ2n) is 7.75. The van der Waals surface area contributed by atoms with Gasteiger partial charge >= 0.3 is 0 Å². The molecule has 0 spiro atoms. The Balaban J connectivity index is 1.74. The van der Waals surface area contributed by atoms with Gasteiger partial charge in [0, 0.05) is 12.3 Å². The van der Waals surface area contributed by atoms with E-state index >= 15 is 0 Å². The average molecular weight is 461 g/mol. The molecule has 5 nitrogen and oxygen atoms in total. The predicted molar refractivity (Wildman–Crippen MR) is 129 cm³/mol. The molecule has 1 aliphatic heterocycles. The number of fused-ring (bicyclic) bond motifs is 1. The van der Waals surface area contributed by atoms with Crippen molar-refractivity contribution in [2.45, 2.75) is 28.4 Å². The lowest BCUT2D eigenvalue weighted by Crippen LogP contribution is -2.47. The molecule has 162 valence electrons. The van der Waals surface area contributed by atoms with E-state index in [0.717, 1.165) is 40.4 Å². The molecular formula is C25H24N4OS2. The van der Waals surface area contributed by atoms with Gasteiger partial charge in [0.1, 0.15) is 25.4 Å². The number of aryl methyl sites for hydroxylation is 1. The van der Waals surface area contributed by atoms with Crippen molar-refractivity contribution in [2.75, 3.05) is 5.75 Å². The molecule has 3 aromatic carbocycles. The molecule has 0 saturated heterocycles. The van der Waals surface area contributed by atoms with E-state index in [-0.39, 0.29) is 0 Å². The summed E-state index contributed by atoms with van der Waals surface area (Å²) in [4.78, 5) is 0.453. The highest BCUT2D eigenvalue weighted by molar-refractivity contribution is 8.00. The Morgan fingerprint density at radius 1 is 0.875 bits per heavy atom. The smallest absolute Gasteiger partial charge is 0.140 e. The van der Waals surface area contributed by atoms with Crippen LogP contribution in [-0.2, 0) is 22.0 Å². The maximum absolute atomic E-state index is 14.1. The predicted octanol–water partition coefficient (Wildman–Crippen LogP) is 5.28. The Bertz CT molecular complexity index is 1210. The molecule has 7 heteroatoms. The minimum atomic E-state index is -3.41. The first-order valence-electron chi connectivity index (χ1n) is 10.5. The average Bonchev–Trinajstić information content (AvgIpc) is 3.30. The third-order valence-corrected chi connectivity index (χ3v) is 8.58. The summed E-state index contributed by atoms with van der Waals surface area (Å²) in [7, 11) is -3.41. The number of hydrogen-bond donors (Lipinski definition) is 2. The Labute approximate surface area is 193 Å². The van der Waals surface area contributed by atoms with Crippen LogP contribution in [-0.4, -0.2) is 19.7 Å². The van der Waals surface area contributed by atoms with Crippen LogP contribution < -0.4 is 4.72 Å². The van der Waals surface area contributed by atoms with E-state index in [0.29, 0.717) is 4.90 Å². The minimum Gasteiger partial charge on any atom is -0.258 e. The molecule has 5 rings (SSSR count). The maximum atomic E-state index is 14.1.